The maximum absolute atomic E-state index is 14.6. The molecule has 3 aromatic rings. The highest BCUT2D eigenvalue weighted by Crippen LogP contribution is 2.19. The first-order chi connectivity index (χ1) is 16.7. The smallest absolute Gasteiger partial charge is 0.267 e. The number of amides is 2. The molecule has 1 fully saturated rings. The molecule has 0 saturated carbocycles. The van der Waals surface area contributed by atoms with Crippen molar-refractivity contribution in [2.45, 2.75) is 26.7 Å². The molecule has 2 heterocycles. The van der Waals surface area contributed by atoms with Gasteiger partial charge in [-0.05, 0) is 61.2 Å². The van der Waals surface area contributed by atoms with Crippen LogP contribution in [0, 0.1) is 25.5 Å². The molecule has 0 unspecified atom stereocenters. The number of halogens is 2. The summed E-state index contributed by atoms with van der Waals surface area (Å²) >= 11 is 0. The van der Waals surface area contributed by atoms with Crippen LogP contribution in [0.1, 0.15) is 38.3 Å². The fourth-order valence-electron chi connectivity index (χ4n) is 4.13. The minimum Gasteiger partial charge on any atom is -0.339 e. The summed E-state index contributed by atoms with van der Waals surface area (Å²) in [5.41, 5.74) is 3.01. The van der Waals surface area contributed by atoms with Gasteiger partial charge in [0.1, 0.15) is 18.2 Å². The Labute approximate surface area is 201 Å². The Bertz CT molecular complexity index is 1340. The van der Waals surface area contributed by atoms with Gasteiger partial charge in [0.05, 0.1) is 11.3 Å². The lowest BCUT2D eigenvalue weighted by atomic mass is 10.0. The number of H-pyrrole nitrogens is 1. The fraction of sp³-hybridized carbons (Fsp3) is 0.308. The molecule has 35 heavy (non-hydrogen) atoms. The van der Waals surface area contributed by atoms with Crippen LogP contribution in [0.2, 0.25) is 0 Å². The third kappa shape index (κ3) is 5.45. The van der Waals surface area contributed by atoms with Crippen molar-refractivity contribution >= 4 is 11.8 Å². The van der Waals surface area contributed by atoms with Crippen molar-refractivity contribution in [1.29, 1.82) is 0 Å². The number of benzene rings is 2. The summed E-state index contributed by atoms with van der Waals surface area (Å²) in [4.78, 5) is 40.4. The summed E-state index contributed by atoms with van der Waals surface area (Å²) in [7, 11) is 0. The monoisotopic (exact) mass is 480 g/mol. The van der Waals surface area contributed by atoms with E-state index in [1.165, 1.54) is 29.2 Å². The van der Waals surface area contributed by atoms with Gasteiger partial charge in [0.15, 0.2) is 0 Å². The van der Waals surface area contributed by atoms with E-state index in [0.29, 0.717) is 42.8 Å². The van der Waals surface area contributed by atoms with Gasteiger partial charge < -0.3 is 9.80 Å². The predicted octanol–water partition coefficient (Wildman–Crippen LogP) is 2.78. The number of aromatic nitrogens is 2. The van der Waals surface area contributed by atoms with Gasteiger partial charge in [-0.25, -0.2) is 13.9 Å². The van der Waals surface area contributed by atoms with E-state index in [9.17, 15) is 23.2 Å². The zero-order chi connectivity index (χ0) is 25.1. The molecular weight excluding hydrogens is 454 g/mol. The Hall–Kier alpha value is -3.88. The average molecular weight is 481 g/mol. The second-order valence-corrected chi connectivity index (χ2v) is 8.73. The van der Waals surface area contributed by atoms with Crippen molar-refractivity contribution in [3.05, 3.63) is 98.0 Å². The normalized spacial score (nSPS) is 13.9. The van der Waals surface area contributed by atoms with Crippen LogP contribution >= 0.6 is 0 Å². The first-order valence-electron chi connectivity index (χ1n) is 11.4. The third-order valence-corrected chi connectivity index (χ3v) is 6.43. The Morgan fingerprint density at radius 1 is 1.03 bits per heavy atom. The molecule has 7 nitrogen and oxygen atoms in total. The lowest BCUT2D eigenvalue weighted by Crippen LogP contribution is -2.52. The molecule has 2 amide bonds. The van der Waals surface area contributed by atoms with Gasteiger partial charge >= 0.3 is 0 Å². The van der Waals surface area contributed by atoms with Crippen LogP contribution in [0.4, 0.5) is 8.78 Å². The molecule has 182 valence electrons. The lowest BCUT2D eigenvalue weighted by Gasteiger charge is -2.34. The van der Waals surface area contributed by atoms with E-state index < -0.39 is 11.7 Å². The molecule has 0 atom stereocenters. The molecule has 0 radical (unpaired) electrons. The minimum absolute atomic E-state index is 0.109. The quantitative estimate of drug-likeness (QED) is 0.588. The van der Waals surface area contributed by atoms with E-state index in [2.05, 4.69) is 10.2 Å². The number of piperazine rings is 1. The fourth-order valence-corrected chi connectivity index (χ4v) is 4.13. The SMILES string of the molecule is Cc1c(Cc2ccc(F)c(C(=O)N3CCN(CCc4cccc(F)c4)C(=O)C3)c2)n[nH]c(=O)c1C. The molecule has 0 aliphatic carbocycles. The number of hydrogen-bond acceptors (Lipinski definition) is 4. The Morgan fingerprint density at radius 3 is 2.57 bits per heavy atom. The summed E-state index contributed by atoms with van der Waals surface area (Å²) in [6.45, 7) is 4.36. The second-order valence-electron chi connectivity index (χ2n) is 8.73. The number of nitrogens with one attached hydrogen (secondary N) is 1. The second kappa shape index (κ2) is 10.2. The van der Waals surface area contributed by atoms with Crippen molar-refractivity contribution in [3.63, 3.8) is 0 Å². The topological polar surface area (TPSA) is 86.4 Å². The van der Waals surface area contributed by atoms with Crippen LogP contribution in [0.25, 0.3) is 0 Å². The zero-order valence-electron chi connectivity index (χ0n) is 19.6. The lowest BCUT2D eigenvalue weighted by molar-refractivity contribution is -0.134. The number of rotatable bonds is 6. The molecule has 1 saturated heterocycles. The van der Waals surface area contributed by atoms with Crippen molar-refractivity contribution in [2.75, 3.05) is 26.2 Å². The van der Waals surface area contributed by atoms with Crippen molar-refractivity contribution in [2.24, 2.45) is 0 Å². The molecule has 1 aliphatic heterocycles. The van der Waals surface area contributed by atoms with Crippen molar-refractivity contribution in [1.82, 2.24) is 20.0 Å². The van der Waals surface area contributed by atoms with E-state index in [0.717, 1.165) is 11.1 Å². The largest absolute Gasteiger partial charge is 0.339 e. The molecule has 2 aromatic carbocycles. The Kier molecular flexibility index (Phi) is 7.04. The first-order valence-corrected chi connectivity index (χ1v) is 11.4. The van der Waals surface area contributed by atoms with E-state index >= 15 is 0 Å². The van der Waals surface area contributed by atoms with Gasteiger partial charge in [-0.1, -0.05) is 18.2 Å². The molecule has 4 rings (SSSR count). The van der Waals surface area contributed by atoms with E-state index in [1.54, 1.807) is 36.9 Å². The molecule has 1 aliphatic rings. The van der Waals surface area contributed by atoms with Crippen molar-refractivity contribution < 1.29 is 18.4 Å². The van der Waals surface area contributed by atoms with Crippen LogP contribution < -0.4 is 5.56 Å². The summed E-state index contributed by atoms with van der Waals surface area (Å²) < 4.78 is 28.0. The van der Waals surface area contributed by atoms with Gasteiger partial charge in [-0.2, -0.15) is 5.10 Å². The third-order valence-electron chi connectivity index (χ3n) is 6.43. The molecular formula is C26H26F2N4O3. The Balaban J connectivity index is 1.43. The zero-order valence-corrected chi connectivity index (χ0v) is 19.6. The van der Waals surface area contributed by atoms with E-state index in [4.69, 9.17) is 0 Å². The summed E-state index contributed by atoms with van der Waals surface area (Å²) in [5, 5.41) is 6.53. The molecule has 9 heteroatoms. The van der Waals surface area contributed by atoms with Gasteiger partial charge in [0, 0.05) is 31.6 Å². The molecule has 1 aromatic heterocycles. The minimum atomic E-state index is -0.665. The molecule has 0 spiro atoms. The van der Waals surface area contributed by atoms with Crippen LogP contribution in [-0.4, -0.2) is 58.0 Å². The van der Waals surface area contributed by atoms with Gasteiger partial charge in [-0.3, -0.25) is 14.4 Å². The van der Waals surface area contributed by atoms with E-state index in [-0.39, 0.29) is 35.9 Å². The van der Waals surface area contributed by atoms with Crippen LogP contribution in [-0.2, 0) is 17.6 Å². The summed E-state index contributed by atoms with van der Waals surface area (Å²) in [6.07, 6.45) is 0.822. The first kappa shape index (κ1) is 24.3. The number of aromatic amines is 1. The van der Waals surface area contributed by atoms with Crippen LogP contribution in [0.5, 0.6) is 0 Å². The van der Waals surface area contributed by atoms with Gasteiger partial charge in [-0.15, -0.1) is 0 Å². The summed E-state index contributed by atoms with van der Waals surface area (Å²) in [6, 6.07) is 10.5. The highest BCUT2D eigenvalue weighted by Gasteiger charge is 2.29. The maximum atomic E-state index is 14.6. The summed E-state index contributed by atoms with van der Waals surface area (Å²) in [5.74, 6) is -1.77. The number of carbonyl (C=O) groups excluding carboxylic acids is 2. The number of hydrogen-bond donors (Lipinski definition) is 1. The number of carbonyl (C=O) groups is 2. The van der Waals surface area contributed by atoms with Crippen LogP contribution in [0.15, 0.2) is 47.3 Å². The van der Waals surface area contributed by atoms with E-state index in [1.807, 2.05) is 0 Å². The molecule has 1 N–H and O–H groups in total. The Morgan fingerprint density at radius 2 is 1.83 bits per heavy atom. The maximum Gasteiger partial charge on any atom is 0.267 e. The highest BCUT2D eigenvalue weighted by molar-refractivity contribution is 5.97. The number of nitrogens with zero attached hydrogens (tertiary/aromatic N) is 3. The van der Waals surface area contributed by atoms with Crippen LogP contribution in [0.3, 0.4) is 0 Å². The van der Waals surface area contributed by atoms with Crippen molar-refractivity contribution in [3.8, 4) is 0 Å². The van der Waals surface area contributed by atoms with Gasteiger partial charge in [0.25, 0.3) is 11.5 Å². The average Bonchev–Trinajstić information content (AvgIpc) is 2.84. The highest BCUT2D eigenvalue weighted by atomic mass is 19.1. The molecule has 0 bridgehead atoms. The standard InChI is InChI=1S/C26H26F2N4O3/c1-16-17(2)25(34)30-29-23(16)14-19-6-7-22(28)21(13-19)26(35)32-11-10-31(24(33)15-32)9-8-18-4-3-5-20(27)12-18/h3-7,12-13H,8-11,14-15H2,1-2H3,(H,30,34). The van der Waals surface area contributed by atoms with Gasteiger partial charge in [0.2, 0.25) is 5.91 Å². The predicted molar refractivity (Wildman–Crippen MR) is 126 cm³/mol.